The van der Waals surface area contributed by atoms with E-state index in [1.54, 1.807) is 0 Å². The first-order chi connectivity index (χ1) is 5.95. The van der Waals surface area contributed by atoms with Gasteiger partial charge in [-0.2, -0.15) is 13.2 Å². The molecular formula is C8H7F3O2. The minimum atomic E-state index is -4.59. The van der Waals surface area contributed by atoms with Crippen LogP contribution < -0.4 is 0 Å². The Balaban J connectivity index is 3.19. The largest absolute Gasteiger partial charge is 0.507 e. The molecule has 0 unspecified atom stereocenters. The number of alkyl halides is 3. The SMILES string of the molecule is OCc1ccc(O)c(C(F)(F)F)c1. The van der Waals surface area contributed by atoms with Crippen molar-refractivity contribution < 1.29 is 23.4 Å². The summed E-state index contributed by atoms with van der Waals surface area (Å²) in [6.45, 7) is -0.483. The lowest BCUT2D eigenvalue weighted by atomic mass is 10.1. The molecule has 0 aromatic heterocycles. The summed E-state index contributed by atoms with van der Waals surface area (Å²) in [5.74, 6) is -0.829. The fourth-order valence-corrected chi connectivity index (χ4v) is 0.909. The molecule has 0 atom stereocenters. The van der Waals surface area contributed by atoms with E-state index in [1.165, 1.54) is 6.07 Å². The second-order valence-electron chi connectivity index (χ2n) is 2.51. The maximum atomic E-state index is 12.1. The zero-order valence-electron chi connectivity index (χ0n) is 6.47. The molecule has 0 amide bonds. The third-order valence-electron chi connectivity index (χ3n) is 1.55. The highest BCUT2D eigenvalue weighted by atomic mass is 19.4. The quantitative estimate of drug-likeness (QED) is 0.713. The average Bonchev–Trinajstić information content (AvgIpc) is 2.03. The summed E-state index contributed by atoms with van der Waals surface area (Å²) >= 11 is 0. The smallest absolute Gasteiger partial charge is 0.419 e. The van der Waals surface area contributed by atoms with Crippen molar-refractivity contribution in [1.82, 2.24) is 0 Å². The van der Waals surface area contributed by atoms with Crippen molar-refractivity contribution in [3.8, 4) is 5.75 Å². The van der Waals surface area contributed by atoms with Crippen molar-refractivity contribution in [3.63, 3.8) is 0 Å². The van der Waals surface area contributed by atoms with Crippen LogP contribution in [0.2, 0.25) is 0 Å². The van der Waals surface area contributed by atoms with Crippen LogP contribution >= 0.6 is 0 Å². The first-order valence-electron chi connectivity index (χ1n) is 3.45. The standard InChI is InChI=1S/C8H7F3O2/c9-8(10,11)6-3-5(4-12)1-2-7(6)13/h1-3,12-13H,4H2. The summed E-state index contributed by atoms with van der Waals surface area (Å²) in [5, 5.41) is 17.4. The molecule has 0 radical (unpaired) electrons. The molecule has 2 N–H and O–H groups in total. The molecule has 0 bridgehead atoms. The summed E-state index contributed by atoms with van der Waals surface area (Å²) in [7, 11) is 0. The van der Waals surface area contributed by atoms with Crippen LogP contribution in [-0.2, 0) is 12.8 Å². The van der Waals surface area contributed by atoms with Crippen LogP contribution in [0.4, 0.5) is 13.2 Å². The van der Waals surface area contributed by atoms with Crippen molar-refractivity contribution in [2.45, 2.75) is 12.8 Å². The van der Waals surface area contributed by atoms with Crippen LogP contribution in [0.5, 0.6) is 5.75 Å². The second kappa shape index (κ2) is 3.26. The maximum Gasteiger partial charge on any atom is 0.419 e. The third kappa shape index (κ3) is 2.12. The predicted octanol–water partition coefficient (Wildman–Crippen LogP) is 1.90. The molecule has 0 spiro atoms. The van der Waals surface area contributed by atoms with Gasteiger partial charge in [-0.15, -0.1) is 0 Å². The molecule has 0 aliphatic heterocycles. The van der Waals surface area contributed by atoms with Gasteiger partial charge in [-0.3, -0.25) is 0 Å². The Morgan fingerprint density at radius 1 is 1.23 bits per heavy atom. The van der Waals surface area contributed by atoms with Gasteiger partial charge < -0.3 is 10.2 Å². The minimum Gasteiger partial charge on any atom is -0.507 e. The number of rotatable bonds is 1. The Kier molecular flexibility index (Phi) is 2.47. The van der Waals surface area contributed by atoms with E-state index < -0.39 is 24.1 Å². The summed E-state index contributed by atoms with van der Waals surface area (Å²) in [6.07, 6.45) is -4.59. The normalized spacial score (nSPS) is 11.7. The number of benzene rings is 1. The zero-order chi connectivity index (χ0) is 10.1. The fraction of sp³-hybridized carbons (Fsp3) is 0.250. The summed E-state index contributed by atoms with van der Waals surface area (Å²) in [6, 6.07) is 2.86. The Labute approximate surface area is 72.2 Å². The first-order valence-corrected chi connectivity index (χ1v) is 3.45. The topological polar surface area (TPSA) is 40.5 Å². The van der Waals surface area contributed by atoms with Gasteiger partial charge in [0.05, 0.1) is 12.2 Å². The lowest BCUT2D eigenvalue weighted by Gasteiger charge is -2.09. The van der Waals surface area contributed by atoms with Gasteiger partial charge in [0.2, 0.25) is 0 Å². The minimum absolute atomic E-state index is 0.116. The predicted molar refractivity (Wildman–Crippen MR) is 39.0 cm³/mol. The van der Waals surface area contributed by atoms with E-state index in [4.69, 9.17) is 10.2 Å². The molecule has 2 nitrogen and oxygen atoms in total. The van der Waals surface area contributed by atoms with Crippen molar-refractivity contribution in [3.05, 3.63) is 29.3 Å². The van der Waals surface area contributed by atoms with Crippen LogP contribution in [0.3, 0.4) is 0 Å². The lowest BCUT2D eigenvalue weighted by Crippen LogP contribution is -2.05. The van der Waals surface area contributed by atoms with Crippen LogP contribution in [0, 0.1) is 0 Å². The van der Waals surface area contributed by atoms with Crippen LogP contribution in [0.15, 0.2) is 18.2 Å². The van der Waals surface area contributed by atoms with Gasteiger partial charge in [0.1, 0.15) is 5.75 Å². The average molecular weight is 192 g/mol. The highest BCUT2D eigenvalue weighted by molar-refractivity contribution is 5.37. The van der Waals surface area contributed by atoms with Gasteiger partial charge in [-0.1, -0.05) is 6.07 Å². The van der Waals surface area contributed by atoms with Crippen molar-refractivity contribution in [2.24, 2.45) is 0 Å². The van der Waals surface area contributed by atoms with E-state index in [1.807, 2.05) is 0 Å². The molecule has 1 rings (SSSR count). The Morgan fingerprint density at radius 2 is 1.85 bits per heavy atom. The van der Waals surface area contributed by atoms with Crippen LogP contribution in [-0.4, -0.2) is 10.2 Å². The number of aliphatic hydroxyl groups is 1. The highest BCUT2D eigenvalue weighted by Crippen LogP contribution is 2.35. The van der Waals surface area contributed by atoms with Gasteiger partial charge in [0.25, 0.3) is 0 Å². The molecule has 1 aromatic rings. The molecule has 0 aliphatic rings. The molecular weight excluding hydrogens is 185 g/mol. The summed E-state index contributed by atoms with van der Waals surface area (Å²) in [5.41, 5.74) is -1.01. The van der Waals surface area contributed by atoms with Gasteiger partial charge in [-0.05, 0) is 17.7 Å². The molecule has 72 valence electrons. The molecule has 0 saturated carbocycles. The summed E-state index contributed by atoms with van der Waals surface area (Å²) < 4.78 is 36.4. The molecule has 0 heterocycles. The Morgan fingerprint density at radius 3 is 2.31 bits per heavy atom. The third-order valence-corrected chi connectivity index (χ3v) is 1.55. The molecule has 0 saturated heterocycles. The maximum absolute atomic E-state index is 12.1. The van der Waals surface area contributed by atoms with E-state index in [0.717, 1.165) is 12.1 Å². The van der Waals surface area contributed by atoms with Crippen molar-refractivity contribution in [2.75, 3.05) is 0 Å². The van der Waals surface area contributed by atoms with Gasteiger partial charge in [0.15, 0.2) is 0 Å². The van der Waals surface area contributed by atoms with Crippen molar-refractivity contribution in [1.29, 1.82) is 0 Å². The van der Waals surface area contributed by atoms with Crippen LogP contribution in [0.1, 0.15) is 11.1 Å². The number of aromatic hydroxyl groups is 1. The number of hydrogen-bond acceptors (Lipinski definition) is 2. The van der Waals surface area contributed by atoms with Gasteiger partial charge >= 0.3 is 6.18 Å². The Bertz CT molecular complexity index is 307. The number of hydrogen-bond donors (Lipinski definition) is 2. The molecule has 1 aromatic carbocycles. The van der Waals surface area contributed by atoms with Gasteiger partial charge in [0, 0.05) is 0 Å². The second-order valence-corrected chi connectivity index (χ2v) is 2.51. The molecule has 5 heteroatoms. The lowest BCUT2D eigenvalue weighted by molar-refractivity contribution is -0.138. The molecule has 0 fully saturated rings. The van der Waals surface area contributed by atoms with E-state index >= 15 is 0 Å². The van der Waals surface area contributed by atoms with E-state index in [0.29, 0.717) is 0 Å². The Hall–Kier alpha value is -1.23. The fourth-order valence-electron chi connectivity index (χ4n) is 0.909. The van der Waals surface area contributed by atoms with Gasteiger partial charge in [-0.25, -0.2) is 0 Å². The number of halogens is 3. The summed E-state index contributed by atoms with van der Waals surface area (Å²) in [4.78, 5) is 0. The zero-order valence-corrected chi connectivity index (χ0v) is 6.47. The number of aliphatic hydroxyl groups excluding tert-OH is 1. The highest BCUT2D eigenvalue weighted by Gasteiger charge is 2.33. The molecule has 0 aliphatic carbocycles. The molecule has 13 heavy (non-hydrogen) atoms. The van der Waals surface area contributed by atoms with Crippen LogP contribution in [0.25, 0.3) is 0 Å². The van der Waals surface area contributed by atoms with Crippen molar-refractivity contribution >= 4 is 0 Å². The first kappa shape index (κ1) is 9.85. The van der Waals surface area contributed by atoms with E-state index in [9.17, 15) is 13.2 Å². The van der Waals surface area contributed by atoms with E-state index in [2.05, 4.69) is 0 Å². The number of phenolic OH excluding ortho intramolecular Hbond substituents is 1. The van der Waals surface area contributed by atoms with E-state index in [-0.39, 0.29) is 5.56 Å². The monoisotopic (exact) mass is 192 g/mol. The number of phenols is 1.